The number of ether oxygens (including phenoxy) is 1. The maximum absolute atomic E-state index is 13.0. The maximum atomic E-state index is 13.0. The van der Waals surface area contributed by atoms with Gasteiger partial charge in [-0.05, 0) is 67.7 Å². The van der Waals surface area contributed by atoms with Gasteiger partial charge in [-0.3, -0.25) is 4.79 Å². The maximum Gasteiger partial charge on any atom is 0.407 e. The quantitative estimate of drug-likeness (QED) is 0.535. The van der Waals surface area contributed by atoms with Crippen LogP contribution in [-0.4, -0.2) is 41.8 Å². The summed E-state index contributed by atoms with van der Waals surface area (Å²) in [5, 5.41) is 15.3. The standard InChI is InChI=1S/C28H34N2O5/c1-18-12-14-28(15-13-18,25(32)33)30-24(31)27(2,3)17-29-26(34)35-16-23-21-10-6-4-8-19(21)20-9-5-7-11-22(20)23/h4-11,18,23H,12-17H2,1-3H3,(H,29,34)(H,30,31)(H,32,33). The van der Waals surface area contributed by atoms with Gasteiger partial charge in [-0.15, -0.1) is 0 Å². The van der Waals surface area contributed by atoms with Crippen LogP contribution < -0.4 is 10.6 Å². The lowest BCUT2D eigenvalue weighted by atomic mass is 9.76. The Morgan fingerprint density at radius 2 is 1.54 bits per heavy atom. The van der Waals surface area contributed by atoms with E-state index < -0.39 is 28.9 Å². The van der Waals surface area contributed by atoms with Crippen molar-refractivity contribution in [1.29, 1.82) is 0 Å². The molecule has 0 aliphatic heterocycles. The van der Waals surface area contributed by atoms with E-state index in [-0.39, 0.29) is 19.1 Å². The summed E-state index contributed by atoms with van der Waals surface area (Å²) in [6.45, 7) is 5.68. The van der Waals surface area contributed by atoms with Crippen molar-refractivity contribution in [3.63, 3.8) is 0 Å². The molecule has 0 bridgehead atoms. The zero-order chi connectivity index (χ0) is 25.2. The average Bonchev–Trinajstić information content (AvgIpc) is 3.16. The second kappa shape index (κ2) is 9.72. The van der Waals surface area contributed by atoms with Gasteiger partial charge in [0.25, 0.3) is 0 Å². The van der Waals surface area contributed by atoms with Crippen LogP contribution >= 0.6 is 0 Å². The molecular weight excluding hydrogens is 444 g/mol. The van der Waals surface area contributed by atoms with E-state index in [1.165, 1.54) is 0 Å². The molecule has 7 nitrogen and oxygen atoms in total. The molecule has 2 aliphatic rings. The van der Waals surface area contributed by atoms with Gasteiger partial charge in [-0.2, -0.15) is 0 Å². The number of nitrogens with one attached hydrogen (secondary N) is 2. The first-order valence-electron chi connectivity index (χ1n) is 12.3. The molecule has 0 unspecified atom stereocenters. The van der Waals surface area contributed by atoms with Crippen LogP contribution in [0.4, 0.5) is 4.79 Å². The molecular formula is C28H34N2O5. The molecule has 186 valence electrons. The predicted octanol–water partition coefficient (Wildman–Crippen LogP) is 4.70. The van der Waals surface area contributed by atoms with Crippen LogP contribution in [0.5, 0.6) is 0 Å². The molecule has 0 aromatic heterocycles. The van der Waals surface area contributed by atoms with Crippen molar-refractivity contribution in [2.45, 2.75) is 57.9 Å². The van der Waals surface area contributed by atoms with Gasteiger partial charge in [-0.25, -0.2) is 9.59 Å². The topological polar surface area (TPSA) is 105 Å². The number of benzene rings is 2. The van der Waals surface area contributed by atoms with Gasteiger partial charge in [0.2, 0.25) is 5.91 Å². The number of rotatable bonds is 7. The highest BCUT2D eigenvalue weighted by molar-refractivity contribution is 5.90. The van der Waals surface area contributed by atoms with Gasteiger partial charge in [0.1, 0.15) is 12.1 Å². The van der Waals surface area contributed by atoms with Crippen molar-refractivity contribution in [3.8, 4) is 11.1 Å². The Morgan fingerprint density at radius 3 is 2.09 bits per heavy atom. The summed E-state index contributed by atoms with van der Waals surface area (Å²) >= 11 is 0. The number of fused-ring (bicyclic) bond motifs is 3. The highest BCUT2D eigenvalue weighted by Crippen LogP contribution is 2.44. The zero-order valence-corrected chi connectivity index (χ0v) is 20.6. The number of alkyl carbamates (subject to hydrolysis) is 1. The van der Waals surface area contributed by atoms with Crippen LogP contribution in [-0.2, 0) is 14.3 Å². The fraction of sp³-hybridized carbons (Fsp3) is 0.464. The lowest BCUT2D eigenvalue weighted by Crippen LogP contribution is -2.60. The van der Waals surface area contributed by atoms with Gasteiger partial charge in [-0.1, -0.05) is 55.5 Å². The minimum atomic E-state index is -1.25. The molecule has 0 heterocycles. The highest BCUT2D eigenvalue weighted by Gasteiger charge is 2.45. The molecule has 0 saturated heterocycles. The number of hydrogen-bond donors (Lipinski definition) is 3. The molecule has 1 saturated carbocycles. The number of carboxylic acids is 1. The third-order valence-corrected chi connectivity index (χ3v) is 7.52. The number of hydrogen-bond acceptors (Lipinski definition) is 4. The smallest absolute Gasteiger partial charge is 0.407 e. The van der Waals surface area contributed by atoms with E-state index in [2.05, 4.69) is 41.8 Å². The van der Waals surface area contributed by atoms with Crippen molar-refractivity contribution in [1.82, 2.24) is 10.6 Å². The van der Waals surface area contributed by atoms with E-state index in [9.17, 15) is 19.5 Å². The summed E-state index contributed by atoms with van der Waals surface area (Å²) in [6.07, 6.45) is 1.72. The molecule has 1 fully saturated rings. The van der Waals surface area contributed by atoms with E-state index in [1.54, 1.807) is 13.8 Å². The first-order chi connectivity index (χ1) is 16.6. The summed E-state index contributed by atoms with van der Waals surface area (Å²) in [6, 6.07) is 16.2. The molecule has 35 heavy (non-hydrogen) atoms. The average molecular weight is 479 g/mol. The monoisotopic (exact) mass is 478 g/mol. The minimum absolute atomic E-state index is 0.0294. The Morgan fingerprint density at radius 1 is 1.00 bits per heavy atom. The lowest BCUT2D eigenvalue weighted by Gasteiger charge is -2.38. The van der Waals surface area contributed by atoms with Crippen molar-refractivity contribution < 1.29 is 24.2 Å². The van der Waals surface area contributed by atoms with Crippen molar-refractivity contribution in [2.75, 3.05) is 13.2 Å². The summed E-state index contributed by atoms with van der Waals surface area (Å²) in [5.41, 5.74) is 2.31. The van der Waals surface area contributed by atoms with Crippen molar-refractivity contribution in [3.05, 3.63) is 59.7 Å². The molecule has 7 heteroatoms. The first kappa shape index (κ1) is 24.8. The minimum Gasteiger partial charge on any atom is -0.480 e. The number of carbonyl (C=O) groups is 3. The van der Waals surface area contributed by atoms with E-state index in [1.807, 2.05) is 24.3 Å². The number of carbonyl (C=O) groups excluding carboxylic acids is 2. The molecule has 2 amide bonds. The SMILES string of the molecule is CC1CCC(NC(=O)C(C)(C)CNC(=O)OCC2c3ccccc3-c3ccccc32)(C(=O)O)CC1. The number of aliphatic carboxylic acids is 1. The molecule has 2 aromatic rings. The Bertz CT molecular complexity index is 1070. The molecule has 0 spiro atoms. The lowest BCUT2D eigenvalue weighted by molar-refractivity contribution is -0.151. The first-order valence-corrected chi connectivity index (χ1v) is 12.3. The second-order valence-corrected chi connectivity index (χ2v) is 10.6. The largest absolute Gasteiger partial charge is 0.480 e. The fourth-order valence-electron chi connectivity index (χ4n) is 5.06. The second-order valence-electron chi connectivity index (χ2n) is 10.6. The molecule has 2 aliphatic carbocycles. The molecule has 4 rings (SSSR count). The number of amides is 2. The molecule has 0 atom stereocenters. The van der Waals surface area contributed by atoms with Crippen molar-refractivity contribution >= 4 is 18.0 Å². The Hall–Kier alpha value is -3.35. The molecule has 0 radical (unpaired) electrons. The summed E-state index contributed by atoms with van der Waals surface area (Å²) in [5.74, 6) is -0.998. The van der Waals surface area contributed by atoms with Crippen LogP contribution in [0.3, 0.4) is 0 Å². The summed E-state index contributed by atoms with van der Waals surface area (Å²) in [7, 11) is 0. The normalized spacial score (nSPS) is 21.5. The van der Waals surface area contributed by atoms with Crippen LogP contribution in [0.15, 0.2) is 48.5 Å². The number of carboxylic acid groups (broad SMARTS) is 1. The predicted molar refractivity (Wildman–Crippen MR) is 133 cm³/mol. The van der Waals surface area contributed by atoms with Crippen LogP contribution in [0.2, 0.25) is 0 Å². The van der Waals surface area contributed by atoms with Gasteiger partial charge in [0, 0.05) is 12.5 Å². The summed E-state index contributed by atoms with van der Waals surface area (Å²) < 4.78 is 5.56. The van der Waals surface area contributed by atoms with Gasteiger partial charge in [0.15, 0.2) is 0 Å². The van der Waals surface area contributed by atoms with Gasteiger partial charge >= 0.3 is 12.1 Å². The van der Waals surface area contributed by atoms with Gasteiger partial charge in [0.05, 0.1) is 5.41 Å². The molecule has 3 N–H and O–H groups in total. The van der Waals surface area contributed by atoms with E-state index in [0.29, 0.717) is 18.8 Å². The third kappa shape index (κ3) is 5.04. The van der Waals surface area contributed by atoms with E-state index >= 15 is 0 Å². The van der Waals surface area contributed by atoms with E-state index in [4.69, 9.17) is 4.74 Å². The van der Waals surface area contributed by atoms with E-state index in [0.717, 1.165) is 35.1 Å². The Kier molecular flexibility index (Phi) is 6.88. The zero-order valence-electron chi connectivity index (χ0n) is 20.6. The molecule has 2 aromatic carbocycles. The highest BCUT2D eigenvalue weighted by atomic mass is 16.5. The third-order valence-electron chi connectivity index (χ3n) is 7.52. The summed E-state index contributed by atoms with van der Waals surface area (Å²) in [4.78, 5) is 37.5. The van der Waals surface area contributed by atoms with Crippen molar-refractivity contribution in [2.24, 2.45) is 11.3 Å². The van der Waals surface area contributed by atoms with Crippen LogP contribution in [0.1, 0.15) is 63.5 Å². The van der Waals surface area contributed by atoms with Gasteiger partial charge < -0.3 is 20.5 Å². The fourth-order valence-corrected chi connectivity index (χ4v) is 5.06. The Balaban J connectivity index is 1.34. The Labute approximate surface area is 206 Å². The van der Waals surface area contributed by atoms with Crippen LogP contribution in [0.25, 0.3) is 11.1 Å². The van der Waals surface area contributed by atoms with Crippen LogP contribution in [0, 0.1) is 11.3 Å².